The summed E-state index contributed by atoms with van der Waals surface area (Å²) in [5.41, 5.74) is 2.55. The maximum absolute atomic E-state index is 14.3. The topological polar surface area (TPSA) is 86.8 Å². The highest BCUT2D eigenvalue weighted by Crippen LogP contribution is 2.27. The van der Waals surface area contributed by atoms with Crippen LogP contribution in [-0.4, -0.2) is 44.8 Å². The van der Waals surface area contributed by atoms with Crippen molar-refractivity contribution in [3.63, 3.8) is 0 Å². The smallest absolute Gasteiger partial charge is 0.264 e. The third-order valence-corrected chi connectivity index (χ3v) is 9.15. The number of anilines is 1. The second-order valence-electron chi connectivity index (χ2n) is 9.74. The van der Waals surface area contributed by atoms with Gasteiger partial charge in [-0.3, -0.25) is 13.9 Å². The first-order chi connectivity index (χ1) is 20.1. The molecule has 42 heavy (non-hydrogen) atoms. The van der Waals surface area contributed by atoms with Crippen LogP contribution in [-0.2, 0) is 32.6 Å². The molecule has 0 spiro atoms. The monoisotopic (exact) mass is 623 g/mol. The van der Waals surface area contributed by atoms with Gasteiger partial charge in [-0.2, -0.15) is 0 Å². The minimum atomic E-state index is -4.15. The van der Waals surface area contributed by atoms with Gasteiger partial charge >= 0.3 is 0 Å². The molecule has 0 bridgehead atoms. The first-order valence-electron chi connectivity index (χ1n) is 13.2. The summed E-state index contributed by atoms with van der Waals surface area (Å²) in [4.78, 5) is 29.0. The lowest BCUT2D eigenvalue weighted by molar-refractivity contribution is -0.139. The third-order valence-electron chi connectivity index (χ3n) is 6.77. The molecule has 4 aromatic carbocycles. The lowest BCUT2D eigenvalue weighted by atomic mass is 10.0. The van der Waals surface area contributed by atoms with E-state index < -0.39 is 34.4 Å². The normalized spacial score (nSPS) is 11.9. The zero-order valence-electron chi connectivity index (χ0n) is 23.2. The maximum Gasteiger partial charge on any atom is 0.264 e. The number of sulfonamides is 1. The number of carbonyl (C=O) groups excluding carboxylic acids is 2. The third kappa shape index (κ3) is 7.50. The Morgan fingerprint density at radius 2 is 1.52 bits per heavy atom. The molecule has 0 aromatic heterocycles. The predicted molar refractivity (Wildman–Crippen MR) is 167 cm³/mol. The summed E-state index contributed by atoms with van der Waals surface area (Å²) in [5, 5.41) is 3.41. The number of rotatable bonds is 11. The lowest BCUT2D eigenvalue weighted by Crippen LogP contribution is -2.53. The molecule has 0 aliphatic rings. The molecule has 1 atom stereocenters. The van der Waals surface area contributed by atoms with Crippen LogP contribution in [0, 0.1) is 6.92 Å². The fourth-order valence-electron chi connectivity index (χ4n) is 4.59. The highest BCUT2D eigenvalue weighted by atomic mass is 35.5. The van der Waals surface area contributed by atoms with Gasteiger partial charge in [0, 0.05) is 30.1 Å². The van der Waals surface area contributed by atoms with E-state index >= 15 is 0 Å². The van der Waals surface area contributed by atoms with E-state index in [1.807, 2.05) is 43.3 Å². The van der Waals surface area contributed by atoms with E-state index in [1.165, 1.54) is 24.1 Å². The first kappa shape index (κ1) is 31.1. The molecular weight excluding hydrogens is 593 g/mol. The van der Waals surface area contributed by atoms with E-state index in [9.17, 15) is 18.0 Å². The van der Waals surface area contributed by atoms with Crippen LogP contribution < -0.4 is 9.62 Å². The van der Waals surface area contributed by atoms with Gasteiger partial charge < -0.3 is 10.2 Å². The molecule has 1 N–H and O–H groups in total. The molecule has 0 radical (unpaired) electrons. The van der Waals surface area contributed by atoms with E-state index in [4.69, 9.17) is 23.2 Å². The Bertz CT molecular complexity index is 1650. The Kier molecular flexibility index (Phi) is 10.3. The van der Waals surface area contributed by atoms with Gasteiger partial charge in [0.2, 0.25) is 11.8 Å². The van der Waals surface area contributed by atoms with Gasteiger partial charge in [0.15, 0.2) is 0 Å². The maximum atomic E-state index is 14.3. The molecule has 0 heterocycles. The minimum Gasteiger partial charge on any atom is -0.357 e. The van der Waals surface area contributed by atoms with Crippen molar-refractivity contribution in [2.45, 2.75) is 30.8 Å². The molecule has 4 aromatic rings. The van der Waals surface area contributed by atoms with E-state index in [2.05, 4.69) is 5.32 Å². The van der Waals surface area contributed by atoms with Crippen molar-refractivity contribution >= 4 is 50.7 Å². The Hall–Kier alpha value is -3.85. The first-order valence-corrected chi connectivity index (χ1v) is 15.4. The molecule has 0 fully saturated rings. The van der Waals surface area contributed by atoms with Crippen molar-refractivity contribution in [2.24, 2.45) is 0 Å². The van der Waals surface area contributed by atoms with Crippen LogP contribution in [0.2, 0.25) is 10.0 Å². The lowest BCUT2D eigenvalue weighted by Gasteiger charge is -2.33. The molecule has 10 heteroatoms. The Balaban J connectivity index is 1.80. The standard InChI is InChI=1S/C32H31Cl2N3O4S/c1-23-10-9-13-27(18-23)37(42(40,41)28-14-7-4-8-15-28)22-31(38)36(21-25-16-17-26(33)20-29(25)34)30(32(39)35-2)19-24-11-5-3-6-12-24/h3-18,20,30H,19,21-22H2,1-2H3,(H,35,39)/t30-/m0/s1. The van der Waals surface area contributed by atoms with E-state index in [0.717, 1.165) is 15.4 Å². The van der Waals surface area contributed by atoms with E-state index in [0.29, 0.717) is 21.3 Å². The molecule has 7 nitrogen and oxygen atoms in total. The molecule has 0 aliphatic carbocycles. The summed E-state index contributed by atoms with van der Waals surface area (Å²) in [7, 11) is -2.66. The van der Waals surface area contributed by atoms with Crippen LogP contribution >= 0.6 is 23.2 Å². The largest absolute Gasteiger partial charge is 0.357 e. The van der Waals surface area contributed by atoms with Crippen LogP contribution in [0.4, 0.5) is 5.69 Å². The predicted octanol–water partition coefficient (Wildman–Crippen LogP) is 5.88. The summed E-state index contributed by atoms with van der Waals surface area (Å²) in [5.74, 6) is -0.975. The Morgan fingerprint density at radius 1 is 0.857 bits per heavy atom. The molecule has 0 saturated carbocycles. The Labute approximate surface area is 256 Å². The van der Waals surface area contributed by atoms with Gasteiger partial charge in [-0.1, -0.05) is 89.9 Å². The van der Waals surface area contributed by atoms with Gasteiger partial charge in [-0.25, -0.2) is 8.42 Å². The fourth-order valence-corrected chi connectivity index (χ4v) is 6.48. The quantitative estimate of drug-likeness (QED) is 0.226. The van der Waals surface area contributed by atoms with Crippen molar-refractivity contribution in [1.29, 1.82) is 0 Å². The van der Waals surface area contributed by atoms with Crippen LogP contribution in [0.25, 0.3) is 0 Å². The summed E-state index contributed by atoms with van der Waals surface area (Å²) in [6.07, 6.45) is 0.202. The highest BCUT2D eigenvalue weighted by Gasteiger charge is 2.34. The highest BCUT2D eigenvalue weighted by molar-refractivity contribution is 7.92. The summed E-state index contributed by atoms with van der Waals surface area (Å²) in [6, 6.07) is 28.1. The van der Waals surface area contributed by atoms with Crippen LogP contribution in [0.1, 0.15) is 16.7 Å². The number of halogens is 2. The van der Waals surface area contributed by atoms with E-state index in [1.54, 1.807) is 54.6 Å². The molecule has 0 saturated heterocycles. The number of nitrogens with one attached hydrogen (secondary N) is 1. The van der Waals surface area contributed by atoms with Crippen molar-refractivity contribution in [2.75, 3.05) is 17.9 Å². The van der Waals surface area contributed by atoms with Gasteiger partial charge in [-0.15, -0.1) is 0 Å². The number of nitrogens with zero attached hydrogens (tertiary/aromatic N) is 2. The zero-order chi connectivity index (χ0) is 30.3. The van der Waals surface area contributed by atoms with E-state index in [-0.39, 0.29) is 17.9 Å². The molecule has 2 amide bonds. The van der Waals surface area contributed by atoms with Crippen molar-refractivity contribution in [3.05, 3.63) is 130 Å². The Morgan fingerprint density at radius 3 is 2.14 bits per heavy atom. The van der Waals surface area contributed by atoms with Crippen LogP contribution in [0.5, 0.6) is 0 Å². The molecule has 0 aliphatic heterocycles. The van der Waals surface area contributed by atoms with Crippen LogP contribution in [0.3, 0.4) is 0 Å². The number of hydrogen-bond acceptors (Lipinski definition) is 4. The van der Waals surface area contributed by atoms with Gasteiger partial charge in [0.1, 0.15) is 12.6 Å². The number of likely N-dealkylation sites (N-methyl/N-ethyl adjacent to an activating group) is 1. The number of carbonyl (C=O) groups is 2. The second-order valence-corrected chi connectivity index (χ2v) is 12.4. The molecule has 0 unspecified atom stereocenters. The van der Waals surface area contributed by atoms with Crippen molar-refractivity contribution < 1.29 is 18.0 Å². The number of amides is 2. The average Bonchev–Trinajstić information content (AvgIpc) is 2.99. The number of hydrogen-bond donors (Lipinski definition) is 1. The van der Waals surface area contributed by atoms with Crippen LogP contribution in [0.15, 0.2) is 108 Å². The van der Waals surface area contributed by atoms with Gasteiger partial charge in [0.05, 0.1) is 10.6 Å². The SMILES string of the molecule is CNC(=O)[C@H](Cc1ccccc1)N(Cc1ccc(Cl)cc1Cl)C(=O)CN(c1cccc(C)c1)S(=O)(=O)c1ccccc1. The fraction of sp³-hybridized carbons (Fsp3) is 0.188. The zero-order valence-corrected chi connectivity index (χ0v) is 25.5. The molecule has 4 rings (SSSR count). The summed E-state index contributed by atoms with van der Waals surface area (Å²) < 4.78 is 29.0. The summed E-state index contributed by atoms with van der Waals surface area (Å²) >= 11 is 12.6. The molecular formula is C32H31Cl2N3O4S. The summed E-state index contributed by atoms with van der Waals surface area (Å²) in [6.45, 7) is 1.25. The minimum absolute atomic E-state index is 0.0405. The average molecular weight is 625 g/mol. The number of aryl methyl sites for hydroxylation is 1. The van der Waals surface area contributed by atoms with Crippen molar-refractivity contribution in [1.82, 2.24) is 10.2 Å². The second kappa shape index (κ2) is 13.9. The molecule has 218 valence electrons. The van der Waals surface area contributed by atoms with Gasteiger partial charge in [-0.05, 0) is 60.0 Å². The van der Waals surface area contributed by atoms with Gasteiger partial charge in [0.25, 0.3) is 10.0 Å². The van der Waals surface area contributed by atoms with Crippen molar-refractivity contribution in [3.8, 4) is 0 Å². The number of benzene rings is 4.